The van der Waals surface area contributed by atoms with Crippen molar-refractivity contribution in [2.75, 3.05) is 19.0 Å². The first kappa shape index (κ1) is 27.8. The summed E-state index contributed by atoms with van der Waals surface area (Å²) >= 11 is 0. The van der Waals surface area contributed by atoms with Crippen molar-refractivity contribution in [2.24, 2.45) is 0 Å². The van der Waals surface area contributed by atoms with Crippen LogP contribution in [0.25, 0.3) is 16.8 Å². The summed E-state index contributed by atoms with van der Waals surface area (Å²) in [6, 6.07) is 12.1. The second-order valence-corrected chi connectivity index (χ2v) is 8.26. The molecule has 0 aliphatic rings. The first-order chi connectivity index (χ1) is 18.9. The van der Waals surface area contributed by atoms with E-state index >= 15 is 0 Å². The van der Waals surface area contributed by atoms with Crippen LogP contribution in [0.1, 0.15) is 43.8 Å². The van der Waals surface area contributed by atoms with Crippen LogP contribution >= 0.6 is 0 Å². The molecule has 4 rings (SSSR count). The van der Waals surface area contributed by atoms with Crippen molar-refractivity contribution >= 4 is 34.8 Å². The number of amides is 1. The molecule has 0 fully saturated rings. The predicted octanol–water partition coefficient (Wildman–Crippen LogP) is 4.62. The number of nitrogens with zero attached hydrogens (tertiary/aromatic N) is 2. The lowest BCUT2D eigenvalue weighted by Gasteiger charge is -2.12. The van der Waals surface area contributed by atoms with Crippen molar-refractivity contribution in [3.63, 3.8) is 0 Å². The number of carboxylic acid groups (broad SMARTS) is 1. The number of fused-ring (bicyclic) bond motifs is 1. The lowest BCUT2D eigenvalue weighted by molar-refractivity contribution is -0.167. The van der Waals surface area contributed by atoms with Gasteiger partial charge in [-0.05, 0) is 49.4 Å². The molecule has 2 heterocycles. The van der Waals surface area contributed by atoms with Gasteiger partial charge in [0.15, 0.2) is 5.82 Å². The molecule has 0 aliphatic carbocycles. The summed E-state index contributed by atoms with van der Waals surface area (Å²) in [5, 5.41) is 11.1. The highest BCUT2D eigenvalue weighted by Crippen LogP contribution is 2.31. The minimum atomic E-state index is -5.13. The maximum atomic E-state index is 13.6. The average molecular weight is 555 g/mol. The van der Waals surface area contributed by atoms with Crippen LogP contribution in [0.4, 0.5) is 18.9 Å². The Kier molecular flexibility index (Phi) is 7.57. The second kappa shape index (κ2) is 10.9. The Hall–Kier alpha value is -5.20. The zero-order valence-electron chi connectivity index (χ0n) is 20.9. The van der Waals surface area contributed by atoms with Crippen LogP contribution in [0.2, 0.25) is 0 Å². The Morgan fingerprint density at radius 2 is 1.75 bits per heavy atom. The topological polar surface area (TPSA) is 136 Å². The number of aromatic carboxylic acids is 1. The number of imidazole rings is 1. The molecule has 1 amide bonds. The van der Waals surface area contributed by atoms with Crippen molar-refractivity contribution in [3.05, 3.63) is 83.3 Å². The number of methoxy groups -OCH3 is 1. The molecule has 0 saturated heterocycles. The van der Waals surface area contributed by atoms with Crippen LogP contribution in [-0.4, -0.2) is 58.0 Å². The fraction of sp³-hybridized carbons (Fsp3) is 0.148. The van der Waals surface area contributed by atoms with Crippen molar-refractivity contribution < 1.29 is 46.9 Å². The summed E-state index contributed by atoms with van der Waals surface area (Å²) in [4.78, 5) is 53.3. The number of halogens is 3. The molecule has 0 bridgehead atoms. The Morgan fingerprint density at radius 3 is 2.40 bits per heavy atom. The van der Waals surface area contributed by atoms with Crippen molar-refractivity contribution in [1.29, 1.82) is 0 Å². The Morgan fingerprint density at radius 1 is 1.00 bits per heavy atom. The third-order valence-corrected chi connectivity index (χ3v) is 5.71. The van der Waals surface area contributed by atoms with Gasteiger partial charge < -0.3 is 19.9 Å². The molecule has 0 unspecified atom stereocenters. The minimum absolute atomic E-state index is 0.0331. The molecular weight excluding hydrogens is 535 g/mol. The standard InChI is InChI=1S/C27H20F3N3O7/c1-3-40-25(37)17-9-10-33-19(12-17)21(14-5-4-6-16(11-14)24(35)36)32-23(33)22(34)15-7-8-18(20(13-15)39-2)31-26(38)27(28,29)30/h4-13H,3H2,1-2H3,(H,31,38)(H,35,36). The van der Waals surface area contributed by atoms with Gasteiger partial charge in [0.1, 0.15) is 5.75 Å². The highest BCUT2D eigenvalue weighted by Gasteiger charge is 2.39. The van der Waals surface area contributed by atoms with Crippen molar-refractivity contribution in [2.45, 2.75) is 13.1 Å². The molecule has 0 aliphatic heterocycles. The van der Waals surface area contributed by atoms with Crippen LogP contribution in [-0.2, 0) is 9.53 Å². The van der Waals surface area contributed by atoms with E-state index in [1.54, 1.807) is 18.3 Å². The molecule has 0 spiro atoms. The molecule has 40 heavy (non-hydrogen) atoms. The molecule has 2 aromatic carbocycles. The van der Waals surface area contributed by atoms with E-state index in [0.717, 1.165) is 19.2 Å². The van der Waals surface area contributed by atoms with Gasteiger partial charge in [-0.2, -0.15) is 13.2 Å². The van der Waals surface area contributed by atoms with Crippen LogP contribution < -0.4 is 10.1 Å². The molecule has 13 heteroatoms. The van der Waals surface area contributed by atoms with Gasteiger partial charge in [-0.3, -0.25) is 14.0 Å². The van der Waals surface area contributed by atoms with Gasteiger partial charge >= 0.3 is 24.0 Å². The number of alkyl halides is 3. The Bertz CT molecular complexity index is 1660. The summed E-state index contributed by atoms with van der Waals surface area (Å²) in [5.74, 6) is -5.04. The number of ether oxygens (including phenoxy) is 2. The maximum Gasteiger partial charge on any atom is 0.471 e. The van der Waals surface area contributed by atoms with Gasteiger partial charge in [-0.15, -0.1) is 0 Å². The zero-order valence-corrected chi connectivity index (χ0v) is 20.9. The summed E-state index contributed by atoms with van der Waals surface area (Å²) in [6.07, 6.45) is -3.72. The number of nitrogens with one attached hydrogen (secondary N) is 1. The van der Waals surface area contributed by atoms with E-state index in [1.807, 2.05) is 0 Å². The highest BCUT2D eigenvalue weighted by molar-refractivity contribution is 6.09. The molecule has 10 nitrogen and oxygen atoms in total. The Labute approximate surface area is 224 Å². The normalized spacial score (nSPS) is 11.2. The Balaban J connectivity index is 1.84. The molecular formula is C27H20F3N3O7. The van der Waals surface area contributed by atoms with Crippen LogP contribution in [0.3, 0.4) is 0 Å². The largest absolute Gasteiger partial charge is 0.495 e. The number of pyridine rings is 1. The summed E-state index contributed by atoms with van der Waals surface area (Å²) in [7, 11) is 1.15. The predicted molar refractivity (Wildman–Crippen MR) is 135 cm³/mol. The van der Waals surface area contributed by atoms with Crippen molar-refractivity contribution in [1.82, 2.24) is 9.38 Å². The van der Waals surface area contributed by atoms with E-state index in [4.69, 9.17) is 9.47 Å². The molecule has 0 atom stereocenters. The van der Waals surface area contributed by atoms with Crippen LogP contribution in [0.15, 0.2) is 60.8 Å². The van der Waals surface area contributed by atoms with Gasteiger partial charge in [0.05, 0.1) is 41.7 Å². The minimum Gasteiger partial charge on any atom is -0.495 e. The third kappa shape index (κ3) is 5.48. The van der Waals surface area contributed by atoms with E-state index in [0.29, 0.717) is 5.56 Å². The molecule has 206 valence electrons. The lowest BCUT2D eigenvalue weighted by Crippen LogP contribution is -2.30. The van der Waals surface area contributed by atoms with Crippen molar-refractivity contribution in [3.8, 4) is 17.0 Å². The van der Waals surface area contributed by atoms with Gasteiger partial charge in [-0.1, -0.05) is 12.1 Å². The monoisotopic (exact) mass is 555 g/mol. The lowest BCUT2D eigenvalue weighted by atomic mass is 10.1. The fourth-order valence-corrected chi connectivity index (χ4v) is 3.86. The number of aromatic nitrogens is 2. The van der Waals surface area contributed by atoms with E-state index in [9.17, 15) is 37.5 Å². The first-order valence-corrected chi connectivity index (χ1v) is 11.6. The van der Waals surface area contributed by atoms with Gasteiger partial charge in [0.2, 0.25) is 5.78 Å². The number of carboxylic acids is 1. The summed E-state index contributed by atoms with van der Waals surface area (Å²) < 4.78 is 49.6. The highest BCUT2D eigenvalue weighted by atomic mass is 19.4. The number of esters is 1. The SMILES string of the molecule is CCOC(=O)c1ccn2c(C(=O)c3ccc(NC(=O)C(F)(F)F)c(OC)c3)nc(-c3cccc(C(=O)O)c3)c2c1. The number of hydrogen-bond donors (Lipinski definition) is 2. The number of rotatable bonds is 8. The maximum absolute atomic E-state index is 13.6. The summed E-state index contributed by atoms with van der Waals surface area (Å²) in [6.45, 7) is 1.77. The third-order valence-electron chi connectivity index (χ3n) is 5.71. The van der Waals surface area contributed by atoms with Crippen LogP contribution in [0.5, 0.6) is 5.75 Å². The number of benzene rings is 2. The quantitative estimate of drug-likeness (QED) is 0.238. The number of carbonyl (C=O) groups excluding carboxylic acids is 3. The first-order valence-electron chi connectivity index (χ1n) is 11.6. The molecule has 2 N–H and O–H groups in total. The molecule has 2 aromatic heterocycles. The van der Waals surface area contributed by atoms with E-state index in [2.05, 4.69) is 4.98 Å². The number of ketones is 1. The smallest absolute Gasteiger partial charge is 0.471 e. The molecule has 4 aromatic rings. The fourth-order valence-electron chi connectivity index (χ4n) is 3.86. The average Bonchev–Trinajstić information content (AvgIpc) is 3.31. The van der Waals surface area contributed by atoms with Gasteiger partial charge in [0.25, 0.3) is 0 Å². The van der Waals surface area contributed by atoms with Gasteiger partial charge in [-0.25, -0.2) is 14.6 Å². The number of anilines is 1. The van der Waals surface area contributed by atoms with E-state index in [-0.39, 0.29) is 51.8 Å². The second-order valence-electron chi connectivity index (χ2n) is 8.26. The van der Waals surface area contributed by atoms with Crippen LogP contribution in [0, 0.1) is 0 Å². The van der Waals surface area contributed by atoms with Gasteiger partial charge in [0, 0.05) is 17.3 Å². The number of carbonyl (C=O) groups is 4. The number of hydrogen-bond acceptors (Lipinski definition) is 7. The van der Waals surface area contributed by atoms with E-state index < -0.39 is 29.8 Å². The molecule has 0 saturated carbocycles. The van der Waals surface area contributed by atoms with E-state index in [1.165, 1.54) is 47.0 Å². The zero-order chi connectivity index (χ0) is 29.2. The molecule has 0 radical (unpaired) electrons. The summed E-state index contributed by atoms with van der Waals surface area (Å²) in [5.41, 5.74) is 0.620.